The van der Waals surface area contributed by atoms with Gasteiger partial charge < -0.3 is 14.7 Å². The predicted molar refractivity (Wildman–Crippen MR) is 73.7 cm³/mol. The average molecular weight is 305 g/mol. The van der Waals surface area contributed by atoms with Crippen LogP contribution < -0.4 is 10.9 Å². The molecule has 6 nitrogen and oxygen atoms in total. The van der Waals surface area contributed by atoms with Gasteiger partial charge in [-0.3, -0.25) is 9.59 Å². The van der Waals surface area contributed by atoms with Gasteiger partial charge in [0.25, 0.3) is 11.5 Å². The van der Waals surface area contributed by atoms with E-state index in [0.717, 1.165) is 24.5 Å². The van der Waals surface area contributed by atoms with Gasteiger partial charge in [-0.15, -0.1) is 0 Å². The van der Waals surface area contributed by atoms with Crippen LogP contribution in [0, 0.1) is 18.6 Å². The summed E-state index contributed by atoms with van der Waals surface area (Å²) in [5, 5.41) is 2.17. The fourth-order valence-corrected chi connectivity index (χ4v) is 2.10. The molecule has 0 fully saturated rings. The van der Waals surface area contributed by atoms with Crippen molar-refractivity contribution in [3.63, 3.8) is 0 Å². The van der Waals surface area contributed by atoms with Crippen LogP contribution in [0.15, 0.2) is 33.7 Å². The normalized spacial score (nSPS) is 10.9. The molecule has 2 N–H and O–H groups in total. The number of hydrogen-bond donors (Lipinski definition) is 2. The van der Waals surface area contributed by atoms with Gasteiger partial charge in [0.05, 0.1) is 17.6 Å². The van der Waals surface area contributed by atoms with Crippen LogP contribution in [0.25, 0.3) is 11.1 Å². The minimum Gasteiger partial charge on any atom is -0.442 e. The number of furan rings is 1. The maximum absolute atomic E-state index is 13.6. The number of aromatic amines is 1. The summed E-state index contributed by atoms with van der Waals surface area (Å²) in [4.78, 5) is 30.2. The highest BCUT2D eigenvalue weighted by Gasteiger charge is 2.22. The molecule has 3 aromatic rings. The zero-order valence-electron chi connectivity index (χ0n) is 11.2. The summed E-state index contributed by atoms with van der Waals surface area (Å²) in [5.74, 6) is -2.15. The number of H-pyrrole nitrogens is 1. The Morgan fingerprint density at radius 1 is 1.36 bits per heavy atom. The predicted octanol–water partition coefficient (Wildman–Crippen LogP) is 2.36. The van der Waals surface area contributed by atoms with Crippen molar-refractivity contribution in [2.45, 2.75) is 6.92 Å². The van der Waals surface area contributed by atoms with Gasteiger partial charge in [-0.05, 0) is 19.1 Å². The van der Waals surface area contributed by atoms with E-state index in [1.54, 1.807) is 0 Å². The molecule has 0 bridgehead atoms. The van der Waals surface area contributed by atoms with Crippen LogP contribution in [0.4, 0.5) is 14.5 Å². The fourth-order valence-electron chi connectivity index (χ4n) is 2.10. The Balaban J connectivity index is 2.08. The summed E-state index contributed by atoms with van der Waals surface area (Å²) in [7, 11) is 0. The number of aromatic nitrogens is 2. The largest absolute Gasteiger partial charge is 0.442 e. The lowest BCUT2D eigenvalue weighted by Crippen LogP contribution is -2.17. The molecule has 1 aromatic carbocycles. The summed E-state index contributed by atoms with van der Waals surface area (Å²) in [6, 6.07) is 2.66. The van der Waals surface area contributed by atoms with Crippen molar-refractivity contribution in [2.24, 2.45) is 0 Å². The fraction of sp³-hybridized carbons (Fsp3) is 0.0714. The molecule has 0 unspecified atom stereocenters. The van der Waals surface area contributed by atoms with E-state index in [-0.39, 0.29) is 28.1 Å². The first kappa shape index (κ1) is 13.9. The van der Waals surface area contributed by atoms with Crippen molar-refractivity contribution in [1.82, 2.24) is 9.97 Å². The number of halogens is 2. The van der Waals surface area contributed by atoms with Crippen LogP contribution in [0.3, 0.4) is 0 Å². The number of carbonyl (C=O) groups excluding carboxylic acids is 1. The van der Waals surface area contributed by atoms with Gasteiger partial charge in [-0.2, -0.15) is 0 Å². The van der Waals surface area contributed by atoms with Gasteiger partial charge >= 0.3 is 0 Å². The van der Waals surface area contributed by atoms with Crippen LogP contribution in [-0.2, 0) is 0 Å². The molecular weight excluding hydrogens is 296 g/mol. The van der Waals surface area contributed by atoms with Gasteiger partial charge in [0.1, 0.15) is 22.8 Å². The van der Waals surface area contributed by atoms with E-state index >= 15 is 0 Å². The van der Waals surface area contributed by atoms with E-state index in [9.17, 15) is 18.4 Å². The summed E-state index contributed by atoms with van der Waals surface area (Å²) < 4.78 is 31.9. The Labute approximate surface area is 121 Å². The average Bonchev–Trinajstić information content (AvgIpc) is 2.80. The molecule has 0 saturated carbocycles. The van der Waals surface area contributed by atoms with Crippen LogP contribution in [-0.4, -0.2) is 15.9 Å². The van der Waals surface area contributed by atoms with E-state index < -0.39 is 23.1 Å². The first-order valence-electron chi connectivity index (χ1n) is 6.20. The number of benzene rings is 1. The molecule has 0 radical (unpaired) electrons. The zero-order chi connectivity index (χ0) is 15.9. The van der Waals surface area contributed by atoms with Crippen molar-refractivity contribution >= 4 is 22.7 Å². The van der Waals surface area contributed by atoms with Crippen molar-refractivity contribution in [3.05, 3.63) is 57.8 Å². The van der Waals surface area contributed by atoms with Gasteiger partial charge in [0, 0.05) is 6.07 Å². The molecule has 0 aliphatic heterocycles. The third-order valence-corrected chi connectivity index (χ3v) is 3.07. The molecule has 112 valence electrons. The third kappa shape index (κ3) is 2.24. The first-order chi connectivity index (χ1) is 10.5. The van der Waals surface area contributed by atoms with Gasteiger partial charge in [0.15, 0.2) is 0 Å². The molecule has 8 heteroatoms. The maximum atomic E-state index is 13.6. The molecule has 2 aromatic heterocycles. The SMILES string of the molecule is Cc1oc2nc[nH]c(=O)c2c1C(=O)Nc1cc(F)ccc1F. The van der Waals surface area contributed by atoms with E-state index in [4.69, 9.17) is 4.42 Å². The Kier molecular flexibility index (Phi) is 3.21. The Morgan fingerprint density at radius 3 is 2.91 bits per heavy atom. The number of hydrogen-bond acceptors (Lipinski definition) is 4. The van der Waals surface area contributed by atoms with E-state index in [2.05, 4.69) is 15.3 Å². The smallest absolute Gasteiger partial charge is 0.262 e. The molecular formula is C14H9F2N3O3. The molecule has 0 saturated heterocycles. The van der Waals surface area contributed by atoms with Crippen LogP contribution in [0.5, 0.6) is 0 Å². The lowest BCUT2D eigenvalue weighted by Gasteiger charge is -2.06. The summed E-state index contributed by atoms with van der Waals surface area (Å²) >= 11 is 0. The lowest BCUT2D eigenvalue weighted by molar-refractivity contribution is 0.102. The van der Waals surface area contributed by atoms with E-state index in [0.29, 0.717) is 0 Å². The molecule has 0 aliphatic carbocycles. The second-order valence-corrected chi connectivity index (χ2v) is 4.52. The summed E-state index contributed by atoms with van der Waals surface area (Å²) in [5.41, 5.74) is -0.982. The van der Waals surface area contributed by atoms with Crippen molar-refractivity contribution in [1.29, 1.82) is 0 Å². The quantitative estimate of drug-likeness (QED) is 0.760. The molecule has 0 aliphatic rings. The second kappa shape index (κ2) is 5.06. The minimum atomic E-state index is -0.799. The number of fused-ring (bicyclic) bond motifs is 1. The van der Waals surface area contributed by atoms with Gasteiger partial charge in [-0.1, -0.05) is 0 Å². The van der Waals surface area contributed by atoms with Crippen LogP contribution in [0.1, 0.15) is 16.1 Å². The van der Waals surface area contributed by atoms with Gasteiger partial charge in [0.2, 0.25) is 5.71 Å². The van der Waals surface area contributed by atoms with Crippen molar-refractivity contribution in [3.8, 4) is 0 Å². The molecule has 0 spiro atoms. The Bertz CT molecular complexity index is 946. The number of aryl methyl sites for hydroxylation is 1. The van der Waals surface area contributed by atoms with Crippen LogP contribution >= 0.6 is 0 Å². The van der Waals surface area contributed by atoms with E-state index in [1.165, 1.54) is 6.92 Å². The van der Waals surface area contributed by atoms with Crippen molar-refractivity contribution in [2.75, 3.05) is 5.32 Å². The maximum Gasteiger partial charge on any atom is 0.262 e. The lowest BCUT2D eigenvalue weighted by atomic mass is 10.1. The molecule has 3 rings (SSSR count). The van der Waals surface area contributed by atoms with Gasteiger partial charge in [-0.25, -0.2) is 13.8 Å². The molecule has 2 heterocycles. The minimum absolute atomic E-state index is 0.00823. The second-order valence-electron chi connectivity index (χ2n) is 4.52. The number of amides is 1. The Hall–Kier alpha value is -3.03. The number of nitrogens with one attached hydrogen (secondary N) is 2. The Morgan fingerprint density at radius 2 is 2.14 bits per heavy atom. The number of rotatable bonds is 2. The molecule has 1 amide bonds. The number of nitrogens with zero attached hydrogens (tertiary/aromatic N) is 1. The highest BCUT2D eigenvalue weighted by atomic mass is 19.1. The highest BCUT2D eigenvalue weighted by Crippen LogP contribution is 2.23. The highest BCUT2D eigenvalue weighted by molar-refractivity contribution is 6.12. The number of anilines is 1. The zero-order valence-corrected chi connectivity index (χ0v) is 11.2. The monoisotopic (exact) mass is 305 g/mol. The van der Waals surface area contributed by atoms with Crippen LogP contribution in [0.2, 0.25) is 0 Å². The molecule has 22 heavy (non-hydrogen) atoms. The topological polar surface area (TPSA) is 88.0 Å². The summed E-state index contributed by atoms with van der Waals surface area (Å²) in [6.45, 7) is 1.47. The number of carbonyl (C=O) groups is 1. The third-order valence-electron chi connectivity index (χ3n) is 3.07. The molecule has 0 atom stereocenters. The standard InChI is InChI=1S/C14H9F2N3O3/c1-6-10(11-12(20)17-5-18-14(11)22-6)13(21)19-9-4-7(15)2-3-8(9)16/h2-5H,1H3,(H,19,21)(H,17,18,20). The summed E-state index contributed by atoms with van der Waals surface area (Å²) in [6.07, 6.45) is 1.14. The van der Waals surface area contributed by atoms with E-state index in [1.807, 2.05) is 0 Å². The first-order valence-corrected chi connectivity index (χ1v) is 6.20. The van der Waals surface area contributed by atoms with Crippen molar-refractivity contribution < 1.29 is 18.0 Å².